The maximum absolute atomic E-state index is 13.1. The van der Waals surface area contributed by atoms with E-state index in [9.17, 15) is 9.18 Å². The van der Waals surface area contributed by atoms with Crippen molar-refractivity contribution in [3.8, 4) is 0 Å². The molecule has 1 aliphatic heterocycles. The van der Waals surface area contributed by atoms with Gasteiger partial charge in [-0.1, -0.05) is 26.0 Å². The van der Waals surface area contributed by atoms with Gasteiger partial charge in [-0.3, -0.25) is 0 Å². The van der Waals surface area contributed by atoms with Crippen LogP contribution in [-0.4, -0.2) is 50.3 Å². The van der Waals surface area contributed by atoms with Crippen molar-refractivity contribution in [3.63, 3.8) is 0 Å². The number of carbonyl (C=O) groups is 1. The van der Waals surface area contributed by atoms with E-state index in [1.807, 2.05) is 19.0 Å². The zero-order valence-electron chi connectivity index (χ0n) is 15.4. The number of nitrogens with one attached hydrogen (secondary N) is 2. The number of halogens is 1. The van der Waals surface area contributed by atoms with Crippen LogP contribution in [0.3, 0.4) is 0 Å². The molecule has 0 unspecified atom stereocenters. The number of urea groups is 1. The second-order valence-corrected chi connectivity index (χ2v) is 7.93. The minimum Gasteiger partial charge on any atom is -0.377 e. The van der Waals surface area contributed by atoms with Crippen LogP contribution in [0, 0.1) is 17.2 Å². The highest BCUT2D eigenvalue weighted by atomic mass is 19.1. The van der Waals surface area contributed by atoms with Crippen LogP contribution in [0.25, 0.3) is 0 Å². The predicted molar refractivity (Wildman–Crippen MR) is 94.8 cm³/mol. The first-order valence-electron chi connectivity index (χ1n) is 8.88. The molecule has 6 heteroatoms. The standard InChI is InChI=1S/C19H28FN3O2/c1-19(2)16(14-9-10-25-17(14)19)22-18(24)21-11-15(23(3)4)12-5-7-13(20)8-6-12/h5-8,14-17H,9-11H2,1-4H3,(H2,21,22,24)/t14-,15+,16+,17-/m0/s1. The average molecular weight is 349 g/mol. The van der Waals surface area contributed by atoms with Crippen molar-refractivity contribution in [1.29, 1.82) is 0 Å². The molecule has 2 aliphatic rings. The van der Waals surface area contributed by atoms with E-state index in [-0.39, 0.29) is 35.5 Å². The van der Waals surface area contributed by atoms with Gasteiger partial charge in [0.1, 0.15) is 5.82 Å². The van der Waals surface area contributed by atoms with Gasteiger partial charge in [0.2, 0.25) is 0 Å². The van der Waals surface area contributed by atoms with Crippen LogP contribution in [0.2, 0.25) is 0 Å². The third-order valence-corrected chi connectivity index (χ3v) is 5.72. The number of nitrogens with zero attached hydrogens (tertiary/aromatic N) is 1. The van der Waals surface area contributed by atoms with Crippen molar-refractivity contribution < 1.29 is 13.9 Å². The lowest BCUT2D eigenvalue weighted by Crippen LogP contribution is -2.67. The Morgan fingerprint density at radius 3 is 2.68 bits per heavy atom. The summed E-state index contributed by atoms with van der Waals surface area (Å²) in [5.74, 6) is 0.162. The molecular formula is C19H28FN3O2. The number of rotatable bonds is 5. The molecule has 5 nitrogen and oxygen atoms in total. The van der Waals surface area contributed by atoms with Gasteiger partial charge in [0.15, 0.2) is 0 Å². The third kappa shape index (κ3) is 3.51. The number of fused-ring (bicyclic) bond motifs is 1. The summed E-state index contributed by atoms with van der Waals surface area (Å²) in [4.78, 5) is 14.4. The number of carbonyl (C=O) groups excluding carboxylic acids is 1. The van der Waals surface area contributed by atoms with E-state index in [0.29, 0.717) is 12.5 Å². The van der Waals surface area contributed by atoms with E-state index in [4.69, 9.17) is 4.74 Å². The predicted octanol–water partition coefficient (Wildman–Crippen LogP) is 2.54. The minimum absolute atomic E-state index is 0.0108. The molecule has 1 heterocycles. The topological polar surface area (TPSA) is 53.6 Å². The van der Waals surface area contributed by atoms with Gasteiger partial charge in [-0.05, 0) is 38.2 Å². The van der Waals surface area contributed by atoms with Crippen LogP contribution in [0.15, 0.2) is 24.3 Å². The third-order valence-electron chi connectivity index (χ3n) is 5.72. The summed E-state index contributed by atoms with van der Waals surface area (Å²) in [6, 6.07) is 6.39. The smallest absolute Gasteiger partial charge is 0.315 e. The molecule has 1 saturated heterocycles. The Kier molecular flexibility index (Phi) is 5.02. The lowest BCUT2D eigenvalue weighted by atomic mass is 9.57. The van der Waals surface area contributed by atoms with Crippen LogP contribution in [0.5, 0.6) is 0 Å². The molecule has 0 aromatic heterocycles. The number of likely N-dealkylation sites (N-methyl/N-ethyl adjacent to an activating group) is 1. The average Bonchev–Trinajstić information content (AvgIpc) is 3.01. The van der Waals surface area contributed by atoms with Crippen molar-refractivity contribution in [1.82, 2.24) is 15.5 Å². The van der Waals surface area contributed by atoms with Crippen LogP contribution >= 0.6 is 0 Å². The fourth-order valence-electron chi connectivity index (χ4n) is 4.28. The number of benzene rings is 1. The molecule has 0 bridgehead atoms. The number of amides is 2. The molecule has 2 amide bonds. The fraction of sp³-hybridized carbons (Fsp3) is 0.632. The summed E-state index contributed by atoms with van der Waals surface area (Å²) < 4.78 is 18.9. The zero-order valence-corrected chi connectivity index (χ0v) is 15.4. The van der Waals surface area contributed by atoms with E-state index < -0.39 is 0 Å². The molecule has 1 aromatic rings. The fourth-order valence-corrected chi connectivity index (χ4v) is 4.28. The van der Waals surface area contributed by atoms with Gasteiger partial charge in [-0.25, -0.2) is 9.18 Å². The van der Waals surface area contributed by atoms with Crippen molar-refractivity contribution >= 4 is 6.03 Å². The van der Waals surface area contributed by atoms with E-state index in [2.05, 4.69) is 24.5 Å². The summed E-state index contributed by atoms with van der Waals surface area (Å²) in [6.07, 6.45) is 1.26. The van der Waals surface area contributed by atoms with Crippen LogP contribution in [-0.2, 0) is 4.74 Å². The molecule has 1 aliphatic carbocycles. The van der Waals surface area contributed by atoms with Crippen LogP contribution in [0.4, 0.5) is 9.18 Å². The van der Waals surface area contributed by atoms with E-state index in [1.54, 1.807) is 12.1 Å². The Hall–Kier alpha value is -1.66. The van der Waals surface area contributed by atoms with Crippen molar-refractivity contribution in [2.75, 3.05) is 27.2 Å². The Bertz CT molecular complexity index is 618. The Morgan fingerprint density at radius 2 is 2.04 bits per heavy atom. The number of hydrogen-bond acceptors (Lipinski definition) is 3. The lowest BCUT2D eigenvalue weighted by Gasteiger charge is -2.54. The van der Waals surface area contributed by atoms with E-state index >= 15 is 0 Å². The summed E-state index contributed by atoms with van der Waals surface area (Å²) in [7, 11) is 3.90. The second-order valence-electron chi connectivity index (χ2n) is 7.93. The quantitative estimate of drug-likeness (QED) is 0.859. The van der Waals surface area contributed by atoms with Gasteiger partial charge in [0.25, 0.3) is 0 Å². The second kappa shape index (κ2) is 6.92. The van der Waals surface area contributed by atoms with Crippen molar-refractivity contribution in [2.45, 2.75) is 38.5 Å². The summed E-state index contributed by atoms with van der Waals surface area (Å²) in [5.41, 5.74) is 0.941. The summed E-state index contributed by atoms with van der Waals surface area (Å²) in [6.45, 7) is 5.53. The highest BCUT2D eigenvalue weighted by Crippen LogP contribution is 2.52. The molecular weight excluding hydrogens is 321 g/mol. The van der Waals surface area contributed by atoms with E-state index in [1.165, 1.54) is 12.1 Å². The summed E-state index contributed by atoms with van der Waals surface area (Å²) in [5, 5.41) is 6.09. The van der Waals surface area contributed by atoms with Gasteiger partial charge < -0.3 is 20.3 Å². The molecule has 25 heavy (non-hydrogen) atoms. The van der Waals surface area contributed by atoms with E-state index in [0.717, 1.165) is 18.6 Å². The van der Waals surface area contributed by atoms with Crippen LogP contribution < -0.4 is 10.6 Å². The first-order valence-corrected chi connectivity index (χ1v) is 8.88. The molecule has 2 fully saturated rings. The van der Waals surface area contributed by atoms with Gasteiger partial charge >= 0.3 is 6.03 Å². The molecule has 3 rings (SSSR count). The summed E-state index contributed by atoms with van der Waals surface area (Å²) >= 11 is 0. The Morgan fingerprint density at radius 1 is 1.36 bits per heavy atom. The SMILES string of the molecule is CN(C)[C@H](CNC(=O)N[C@@H]1[C@@H]2CCO[C@@H]2C1(C)C)c1ccc(F)cc1. The molecule has 1 aromatic carbocycles. The van der Waals surface area contributed by atoms with Crippen LogP contribution in [0.1, 0.15) is 31.9 Å². The largest absolute Gasteiger partial charge is 0.377 e. The molecule has 0 spiro atoms. The Labute approximate surface area is 148 Å². The molecule has 138 valence electrons. The normalized spacial score (nSPS) is 28.2. The number of ether oxygens (including phenoxy) is 1. The minimum atomic E-state index is -0.257. The van der Waals surface area contributed by atoms with Crippen molar-refractivity contribution in [3.05, 3.63) is 35.6 Å². The maximum atomic E-state index is 13.1. The van der Waals surface area contributed by atoms with Gasteiger partial charge in [-0.15, -0.1) is 0 Å². The van der Waals surface area contributed by atoms with Gasteiger partial charge in [-0.2, -0.15) is 0 Å². The maximum Gasteiger partial charge on any atom is 0.315 e. The molecule has 0 radical (unpaired) electrons. The zero-order chi connectivity index (χ0) is 18.2. The van der Waals surface area contributed by atoms with Gasteiger partial charge in [0.05, 0.1) is 12.1 Å². The first kappa shape index (κ1) is 18.1. The Balaban J connectivity index is 1.56. The molecule has 2 N–H and O–H groups in total. The highest BCUT2D eigenvalue weighted by molar-refractivity contribution is 5.74. The first-order chi connectivity index (χ1) is 11.8. The number of hydrogen-bond donors (Lipinski definition) is 2. The highest BCUT2D eigenvalue weighted by Gasteiger charge is 2.59. The monoisotopic (exact) mass is 349 g/mol. The lowest BCUT2D eigenvalue weighted by molar-refractivity contribution is -0.108. The molecule has 4 atom stereocenters. The van der Waals surface area contributed by atoms with Crippen molar-refractivity contribution in [2.24, 2.45) is 11.3 Å². The molecule has 1 saturated carbocycles. The van der Waals surface area contributed by atoms with Gasteiger partial charge in [0, 0.05) is 30.5 Å².